The van der Waals surface area contributed by atoms with Gasteiger partial charge in [-0.3, -0.25) is 4.68 Å². The minimum Gasteiger partial charge on any atom is -0.264 e. The van der Waals surface area contributed by atoms with Crippen LogP contribution in [0, 0.1) is 5.92 Å². The molecule has 1 heterocycles. The van der Waals surface area contributed by atoms with Crippen molar-refractivity contribution in [2.24, 2.45) is 5.92 Å². The van der Waals surface area contributed by atoms with Crippen LogP contribution >= 0.6 is 0 Å². The molecule has 1 fully saturated rings. The van der Waals surface area contributed by atoms with Gasteiger partial charge in [0.2, 0.25) is 0 Å². The summed E-state index contributed by atoms with van der Waals surface area (Å²) in [5.74, 6) is 0.382. The topological polar surface area (TPSA) is 52.0 Å². The maximum atomic E-state index is 13.1. The van der Waals surface area contributed by atoms with Crippen LogP contribution in [0.2, 0.25) is 0 Å². The third-order valence-corrected chi connectivity index (χ3v) is 6.08. The van der Waals surface area contributed by atoms with Gasteiger partial charge in [0.25, 0.3) is 0 Å². The fraction of sp³-hybridized carbons (Fsp3) is 0.286. The zero-order valence-electron chi connectivity index (χ0n) is 15.6. The summed E-state index contributed by atoms with van der Waals surface area (Å²) in [5, 5.41) is 3.78. The Hall–Kier alpha value is -2.61. The fourth-order valence-electron chi connectivity index (χ4n) is 3.21. The smallest absolute Gasteiger partial charge is 0.264 e. The first-order valence-electron chi connectivity index (χ1n) is 9.17. The Bertz CT molecular complexity index is 1150. The van der Waals surface area contributed by atoms with Crippen LogP contribution < -0.4 is 0 Å². The number of halogens is 3. The molecule has 0 N–H and O–H groups in total. The Morgan fingerprint density at radius 2 is 1.66 bits per heavy atom. The van der Waals surface area contributed by atoms with E-state index in [2.05, 4.69) is 5.10 Å². The number of hydrogen-bond donors (Lipinski definition) is 0. The van der Waals surface area contributed by atoms with Crippen molar-refractivity contribution in [1.82, 2.24) is 9.78 Å². The van der Waals surface area contributed by atoms with Crippen molar-refractivity contribution in [3.05, 3.63) is 60.3 Å². The van der Waals surface area contributed by atoms with E-state index in [9.17, 15) is 21.6 Å². The summed E-state index contributed by atoms with van der Waals surface area (Å²) in [6, 6.07) is 14.7. The van der Waals surface area contributed by atoms with Gasteiger partial charge in [-0.15, -0.1) is 0 Å². The molecule has 1 saturated carbocycles. The summed E-state index contributed by atoms with van der Waals surface area (Å²) in [5.41, 5.74) is 1.68. The van der Waals surface area contributed by atoms with E-state index in [-0.39, 0.29) is 4.90 Å². The molecule has 0 saturated heterocycles. The quantitative estimate of drug-likeness (QED) is 0.580. The number of benzene rings is 2. The van der Waals surface area contributed by atoms with E-state index in [0.29, 0.717) is 23.7 Å². The molecule has 0 amide bonds. The van der Waals surface area contributed by atoms with E-state index in [4.69, 9.17) is 0 Å². The number of rotatable bonds is 5. The summed E-state index contributed by atoms with van der Waals surface area (Å²) in [6.45, 7) is 0.476. The third-order valence-electron chi connectivity index (χ3n) is 4.97. The van der Waals surface area contributed by atoms with Crippen molar-refractivity contribution in [2.45, 2.75) is 30.5 Å². The number of nitrogens with zero attached hydrogens (tertiary/aromatic N) is 2. The van der Waals surface area contributed by atoms with E-state index in [1.807, 2.05) is 0 Å². The van der Waals surface area contributed by atoms with Crippen LogP contribution in [0.15, 0.2) is 59.5 Å². The Balaban J connectivity index is 1.69. The number of hydrogen-bond acceptors (Lipinski definition) is 3. The zero-order chi connectivity index (χ0) is 20.8. The SMILES string of the molecule is CS(=O)(=O)c1cccc(-c2ccc(-c3cc(C(F)(F)F)nn3CC3CC3)cc2)c1. The lowest BCUT2D eigenvalue weighted by Crippen LogP contribution is -2.09. The highest BCUT2D eigenvalue weighted by Gasteiger charge is 2.36. The Morgan fingerprint density at radius 1 is 1.00 bits per heavy atom. The summed E-state index contributed by atoms with van der Waals surface area (Å²) in [7, 11) is -3.33. The molecule has 1 aliphatic carbocycles. The second-order valence-electron chi connectivity index (χ2n) is 7.42. The standard InChI is InChI=1S/C21H19F3N2O2S/c1-29(27,28)18-4-2-3-17(11-18)15-7-9-16(10-8-15)19-12-20(21(22,23)24)25-26(19)13-14-5-6-14/h2-4,7-12,14H,5-6,13H2,1H3. The van der Waals surface area contributed by atoms with Crippen molar-refractivity contribution in [3.63, 3.8) is 0 Å². The van der Waals surface area contributed by atoms with E-state index in [0.717, 1.165) is 36.3 Å². The molecule has 0 atom stereocenters. The molecule has 4 rings (SSSR count). The van der Waals surface area contributed by atoms with E-state index < -0.39 is 21.7 Å². The Kier molecular flexibility index (Phi) is 4.77. The maximum absolute atomic E-state index is 13.1. The monoisotopic (exact) mass is 420 g/mol. The summed E-state index contributed by atoms with van der Waals surface area (Å²) in [6.07, 6.45) is -1.32. The lowest BCUT2D eigenvalue weighted by Gasteiger charge is -2.09. The average molecular weight is 420 g/mol. The second kappa shape index (κ2) is 7.02. The molecule has 0 radical (unpaired) electrons. The summed E-state index contributed by atoms with van der Waals surface area (Å²) >= 11 is 0. The molecule has 4 nitrogen and oxygen atoms in total. The van der Waals surface area contributed by atoms with Gasteiger partial charge in [-0.2, -0.15) is 18.3 Å². The van der Waals surface area contributed by atoms with Crippen molar-refractivity contribution < 1.29 is 21.6 Å². The predicted octanol–water partition coefficient (Wildman–Crippen LogP) is 5.05. The van der Waals surface area contributed by atoms with E-state index in [1.165, 1.54) is 10.7 Å². The molecular weight excluding hydrogens is 401 g/mol. The molecule has 8 heteroatoms. The van der Waals surface area contributed by atoms with Crippen molar-refractivity contribution in [1.29, 1.82) is 0 Å². The molecule has 0 spiro atoms. The Labute approximate surface area is 166 Å². The van der Waals surface area contributed by atoms with Crippen LogP contribution in [0.1, 0.15) is 18.5 Å². The lowest BCUT2D eigenvalue weighted by atomic mass is 10.0. The molecule has 0 unspecified atom stereocenters. The Morgan fingerprint density at radius 3 is 2.24 bits per heavy atom. The van der Waals surface area contributed by atoms with Crippen LogP contribution in [-0.2, 0) is 22.6 Å². The summed E-state index contributed by atoms with van der Waals surface area (Å²) < 4.78 is 64.4. The molecule has 3 aromatic rings. The largest absolute Gasteiger partial charge is 0.435 e. The van der Waals surface area contributed by atoms with Crippen LogP contribution in [0.5, 0.6) is 0 Å². The molecular formula is C21H19F3N2O2S. The molecule has 1 aliphatic rings. The molecule has 29 heavy (non-hydrogen) atoms. The second-order valence-corrected chi connectivity index (χ2v) is 9.43. The minimum atomic E-state index is -4.49. The van der Waals surface area contributed by atoms with Crippen molar-refractivity contribution in [3.8, 4) is 22.4 Å². The zero-order valence-corrected chi connectivity index (χ0v) is 16.5. The van der Waals surface area contributed by atoms with Gasteiger partial charge >= 0.3 is 6.18 Å². The highest BCUT2D eigenvalue weighted by molar-refractivity contribution is 7.90. The number of sulfone groups is 1. The van der Waals surface area contributed by atoms with Crippen molar-refractivity contribution >= 4 is 9.84 Å². The third kappa shape index (κ3) is 4.37. The lowest BCUT2D eigenvalue weighted by molar-refractivity contribution is -0.141. The van der Waals surface area contributed by atoms with E-state index in [1.54, 1.807) is 42.5 Å². The average Bonchev–Trinajstić information content (AvgIpc) is 3.37. The minimum absolute atomic E-state index is 0.219. The first kappa shape index (κ1) is 19.7. The highest BCUT2D eigenvalue weighted by Crippen LogP contribution is 2.36. The van der Waals surface area contributed by atoms with Gasteiger partial charge in [0.15, 0.2) is 15.5 Å². The van der Waals surface area contributed by atoms with Gasteiger partial charge in [0.1, 0.15) is 0 Å². The fourth-order valence-corrected chi connectivity index (χ4v) is 3.88. The predicted molar refractivity (Wildman–Crippen MR) is 104 cm³/mol. The molecule has 0 bridgehead atoms. The molecule has 0 aliphatic heterocycles. The molecule has 2 aromatic carbocycles. The number of aromatic nitrogens is 2. The van der Waals surface area contributed by atoms with Crippen LogP contribution in [0.4, 0.5) is 13.2 Å². The van der Waals surface area contributed by atoms with Gasteiger partial charge in [-0.05, 0) is 53.6 Å². The maximum Gasteiger partial charge on any atom is 0.435 e. The molecule has 152 valence electrons. The van der Waals surface area contributed by atoms with Crippen LogP contribution in [-0.4, -0.2) is 24.5 Å². The van der Waals surface area contributed by atoms with Crippen molar-refractivity contribution in [2.75, 3.05) is 6.26 Å². The van der Waals surface area contributed by atoms with Crippen LogP contribution in [0.3, 0.4) is 0 Å². The first-order chi connectivity index (χ1) is 13.6. The van der Waals surface area contributed by atoms with Crippen LogP contribution in [0.25, 0.3) is 22.4 Å². The van der Waals surface area contributed by atoms with E-state index >= 15 is 0 Å². The van der Waals surface area contributed by atoms with Gasteiger partial charge in [-0.1, -0.05) is 36.4 Å². The molecule has 1 aromatic heterocycles. The summed E-state index contributed by atoms with van der Waals surface area (Å²) in [4.78, 5) is 0.219. The highest BCUT2D eigenvalue weighted by atomic mass is 32.2. The normalized spacial score (nSPS) is 14.9. The van der Waals surface area contributed by atoms with Gasteiger partial charge in [0, 0.05) is 12.8 Å². The van der Waals surface area contributed by atoms with Gasteiger partial charge < -0.3 is 0 Å². The first-order valence-corrected chi connectivity index (χ1v) is 11.1. The number of alkyl halides is 3. The van der Waals surface area contributed by atoms with Gasteiger partial charge in [0.05, 0.1) is 10.6 Å². The van der Waals surface area contributed by atoms with Gasteiger partial charge in [-0.25, -0.2) is 8.42 Å².